The van der Waals surface area contributed by atoms with E-state index in [9.17, 15) is 4.79 Å². The summed E-state index contributed by atoms with van der Waals surface area (Å²) in [6.45, 7) is 2.81. The monoisotopic (exact) mass is 357 g/mol. The van der Waals surface area contributed by atoms with Gasteiger partial charge in [0.15, 0.2) is 0 Å². The second kappa shape index (κ2) is 7.07. The van der Waals surface area contributed by atoms with E-state index in [0.29, 0.717) is 6.54 Å². The van der Waals surface area contributed by atoms with Gasteiger partial charge in [-0.3, -0.25) is 19.4 Å². The molecule has 4 nitrogen and oxygen atoms in total. The highest BCUT2D eigenvalue weighted by atomic mass is 16.2. The number of rotatable bonds is 5. The van der Waals surface area contributed by atoms with Gasteiger partial charge in [0.1, 0.15) is 12.4 Å². The molecule has 4 rings (SSSR count). The Labute approximate surface area is 161 Å². The summed E-state index contributed by atoms with van der Waals surface area (Å²) in [7, 11) is 6.33. The summed E-state index contributed by atoms with van der Waals surface area (Å²) in [5.41, 5.74) is 6.48. The lowest BCUT2D eigenvalue weighted by Crippen LogP contribution is -2.53. The van der Waals surface area contributed by atoms with Crippen molar-refractivity contribution >= 4 is 30.1 Å². The van der Waals surface area contributed by atoms with Crippen molar-refractivity contribution in [2.45, 2.75) is 26.3 Å². The highest BCUT2D eigenvalue weighted by Gasteiger charge is 2.28. The summed E-state index contributed by atoms with van der Waals surface area (Å²) in [5, 5.41) is 0. The highest BCUT2D eigenvalue weighted by molar-refractivity contribution is 6.65. The van der Waals surface area contributed by atoms with Crippen LogP contribution in [-0.2, 0) is 27.1 Å². The third-order valence-electron chi connectivity index (χ3n) is 5.28. The fourth-order valence-corrected chi connectivity index (χ4v) is 3.81. The number of imidazole rings is 1. The van der Waals surface area contributed by atoms with Crippen molar-refractivity contribution in [1.82, 2.24) is 4.57 Å². The third kappa shape index (κ3) is 3.18. The van der Waals surface area contributed by atoms with E-state index in [1.165, 1.54) is 11.0 Å². The van der Waals surface area contributed by atoms with Crippen LogP contribution in [0.15, 0.2) is 54.9 Å². The first kappa shape index (κ1) is 17.6. The number of para-hydroxylation sites is 1. The number of carbonyl (C=O) groups excluding carboxylic acids is 1. The largest absolute Gasteiger partial charge is 0.304 e. The van der Waals surface area contributed by atoms with Gasteiger partial charge < -0.3 is 4.90 Å². The Bertz CT molecular complexity index is 975. The van der Waals surface area contributed by atoms with Gasteiger partial charge in [0.25, 0.3) is 5.91 Å². The van der Waals surface area contributed by atoms with Gasteiger partial charge in [-0.1, -0.05) is 43.2 Å². The maximum atomic E-state index is 13.0. The Kier molecular flexibility index (Phi) is 4.60. The molecule has 0 atom stereocenters. The van der Waals surface area contributed by atoms with E-state index >= 15 is 0 Å². The number of amides is 1. The average molecular weight is 357 g/mol. The van der Waals surface area contributed by atoms with E-state index in [4.69, 9.17) is 0 Å². The molecular weight excluding hydrogens is 333 g/mol. The Hall–Kier alpha value is -2.82. The van der Waals surface area contributed by atoms with Crippen molar-refractivity contribution in [1.29, 1.82) is 0 Å². The topological polar surface area (TPSA) is 29.1 Å². The summed E-state index contributed by atoms with van der Waals surface area (Å²) in [5.74, 6) is 0.101. The SMILES string of the molecule is CCCc1cc2c(cc1[B-]c1n(C)cc[n+]1C)CN(c1ccccc1)C2=O. The van der Waals surface area contributed by atoms with Crippen LogP contribution in [0.5, 0.6) is 0 Å². The molecule has 0 saturated carbocycles. The standard InChI is InChI=1S/C22H24BN3O/c1-4-8-16-13-19-17(14-20(16)23-22-24(2)11-12-25(22)3)15-26(21(19)27)18-9-6-5-7-10-18/h5-7,9-14H,4,8,15H2,1-3H3. The van der Waals surface area contributed by atoms with Crippen molar-refractivity contribution in [3.63, 3.8) is 0 Å². The molecule has 1 amide bonds. The van der Waals surface area contributed by atoms with Gasteiger partial charge in [0.2, 0.25) is 0 Å². The van der Waals surface area contributed by atoms with E-state index in [-0.39, 0.29) is 5.91 Å². The molecule has 1 aliphatic heterocycles. The lowest BCUT2D eigenvalue weighted by molar-refractivity contribution is -0.652. The van der Waals surface area contributed by atoms with Crippen LogP contribution in [0.4, 0.5) is 5.69 Å². The number of hydrogen-bond donors (Lipinski definition) is 0. The van der Waals surface area contributed by atoms with Gasteiger partial charge in [-0.05, 0) is 30.2 Å². The van der Waals surface area contributed by atoms with E-state index in [1.807, 2.05) is 35.2 Å². The van der Waals surface area contributed by atoms with Crippen LogP contribution in [0.2, 0.25) is 0 Å². The van der Waals surface area contributed by atoms with E-state index < -0.39 is 0 Å². The molecule has 0 aliphatic carbocycles. The summed E-state index contributed by atoms with van der Waals surface area (Å²) >= 11 is 0. The van der Waals surface area contributed by atoms with Crippen molar-refractivity contribution in [2.75, 3.05) is 4.90 Å². The molecule has 2 radical (unpaired) electrons. The number of fused-ring (bicyclic) bond motifs is 1. The molecule has 5 heteroatoms. The van der Waals surface area contributed by atoms with Gasteiger partial charge >= 0.3 is 0 Å². The third-order valence-corrected chi connectivity index (χ3v) is 5.28. The Balaban J connectivity index is 1.73. The van der Waals surface area contributed by atoms with E-state index in [1.54, 1.807) is 0 Å². The lowest BCUT2D eigenvalue weighted by Gasteiger charge is -2.21. The molecule has 0 N–H and O–H groups in total. The summed E-state index contributed by atoms with van der Waals surface area (Å²) < 4.78 is 4.23. The molecule has 136 valence electrons. The van der Waals surface area contributed by atoms with Crippen LogP contribution < -0.4 is 20.7 Å². The van der Waals surface area contributed by atoms with E-state index in [0.717, 1.165) is 35.4 Å². The van der Waals surface area contributed by atoms with E-state index in [2.05, 4.69) is 62.0 Å². The molecule has 1 aliphatic rings. The molecule has 0 spiro atoms. The molecule has 2 heterocycles. The highest BCUT2D eigenvalue weighted by Crippen LogP contribution is 2.28. The van der Waals surface area contributed by atoms with Crippen molar-refractivity contribution in [2.24, 2.45) is 14.1 Å². The Morgan fingerprint density at radius 1 is 1.19 bits per heavy atom. The molecule has 1 aromatic heterocycles. The second-order valence-corrected chi connectivity index (χ2v) is 7.21. The fraction of sp³-hybridized carbons (Fsp3) is 0.273. The predicted molar refractivity (Wildman–Crippen MR) is 109 cm³/mol. The van der Waals surface area contributed by atoms with Crippen LogP contribution in [0.1, 0.15) is 34.8 Å². The number of hydrogen-bond acceptors (Lipinski definition) is 1. The van der Waals surface area contributed by atoms with Crippen molar-refractivity contribution < 1.29 is 9.36 Å². The maximum Gasteiger partial charge on any atom is 0.258 e. The Morgan fingerprint density at radius 2 is 1.96 bits per heavy atom. The smallest absolute Gasteiger partial charge is 0.258 e. The van der Waals surface area contributed by atoms with Gasteiger partial charge in [0, 0.05) is 17.0 Å². The molecule has 0 fully saturated rings. The lowest BCUT2D eigenvalue weighted by atomic mass is 9.65. The van der Waals surface area contributed by atoms with Crippen LogP contribution in [-0.4, -0.2) is 17.8 Å². The molecule has 3 aromatic rings. The first-order chi connectivity index (χ1) is 13.1. The first-order valence-electron chi connectivity index (χ1n) is 9.47. The molecule has 0 unspecified atom stereocenters. The number of aromatic nitrogens is 2. The van der Waals surface area contributed by atoms with Gasteiger partial charge in [-0.25, -0.2) is 0 Å². The minimum absolute atomic E-state index is 0.101. The van der Waals surface area contributed by atoms with Crippen LogP contribution in [0.25, 0.3) is 0 Å². The van der Waals surface area contributed by atoms with Crippen molar-refractivity contribution in [3.8, 4) is 0 Å². The van der Waals surface area contributed by atoms with Crippen molar-refractivity contribution in [3.05, 3.63) is 71.5 Å². The molecule has 27 heavy (non-hydrogen) atoms. The zero-order valence-corrected chi connectivity index (χ0v) is 16.1. The number of anilines is 1. The number of aryl methyl sites for hydroxylation is 3. The average Bonchev–Trinajstić information content (AvgIpc) is 3.17. The summed E-state index contributed by atoms with van der Waals surface area (Å²) in [6.07, 6.45) is 6.13. The van der Waals surface area contributed by atoms with Gasteiger partial charge in [-0.15, -0.1) is 7.28 Å². The molecule has 2 aromatic carbocycles. The zero-order valence-electron chi connectivity index (χ0n) is 16.1. The number of benzene rings is 2. The molecule has 0 bridgehead atoms. The quantitative estimate of drug-likeness (QED) is 0.504. The minimum atomic E-state index is 0.101. The second-order valence-electron chi connectivity index (χ2n) is 7.21. The number of nitrogens with zero attached hydrogens (tertiary/aromatic N) is 3. The van der Waals surface area contributed by atoms with Crippen LogP contribution in [0, 0.1) is 0 Å². The van der Waals surface area contributed by atoms with Crippen LogP contribution in [0.3, 0.4) is 0 Å². The molecule has 0 saturated heterocycles. The maximum absolute atomic E-state index is 13.0. The normalized spacial score (nSPS) is 13.3. The van der Waals surface area contributed by atoms with Gasteiger partial charge in [0.05, 0.1) is 20.6 Å². The van der Waals surface area contributed by atoms with Crippen LogP contribution >= 0.6 is 0 Å². The fourth-order valence-electron chi connectivity index (χ4n) is 3.81. The first-order valence-corrected chi connectivity index (χ1v) is 9.47. The Morgan fingerprint density at radius 3 is 2.63 bits per heavy atom. The zero-order chi connectivity index (χ0) is 19.0. The summed E-state index contributed by atoms with van der Waals surface area (Å²) in [6, 6.07) is 14.2. The number of carbonyl (C=O) groups is 1. The van der Waals surface area contributed by atoms with Gasteiger partial charge in [-0.2, -0.15) is 0 Å². The summed E-state index contributed by atoms with van der Waals surface area (Å²) in [4.78, 5) is 14.9. The molecular formula is C22H24BN3O. The predicted octanol–water partition coefficient (Wildman–Crippen LogP) is 1.62. The minimum Gasteiger partial charge on any atom is -0.304 e.